The number of carbonyl (C=O) groups excluding carboxylic acids is 2. The number of halogens is 2. The lowest BCUT2D eigenvalue weighted by molar-refractivity contribution is -0.140. The molecule has 1 atom stereocenters. The molecule has 3 aromatic rings. The number of nitriles is 1. The smallest absolute Gasteiger partial charge is 0.337 e. The first kappa shape index (κ1) is 27.0. The molecule has 3 aromatic carbocycles. The monoisotopic (exact) mass is 547 g/mol. The number of hydrogen-bond acceptors (Lipinski definition) is 6. The van der Waals surface area contributed by atoms with Gasteiger partial charge < -0.3 is 15.4 Å². The van der Waals surface area contributed by atoms with Crippen LogP contribution in [0.15, 0.2) is 101 Å². The zero-order valence-electron chi connectivity index (χ0n) is 20.3. The molecule has 6 nitrogen and oxygen atoms in total. The van der Waals surface area contributed by atoms with E-state index in [-0.39, 0.29) is 29.4 Å². The number of dihydropyridines is 1. The molecule has 38 heavy (non-hydrogen) atoms. The maximum Gasteiger partial charge on any atom is 0.337 e. The Morgan fingerprint density at radius 2 is 1.76 bits per heavy atom. The van der Waals surface area contributed by atoms with E-state index in [4.69, 9.17) is 16.3 Å². The molecule has 0 saturated carbocycles. The Hall–Kier alpha value is -4.06. The molecule has 0 saturated heterocycles. The molecule has 1 unspecified atom stereocenters. The van der Waals surface area contributed by atoms with Gasteiger partial charge in [-0.15, -0.1) is 0 Å². The van der Waals surface area contributed by atoms with Crippen LogP contribution in [0.1, 0.15) is 24.0 Å². The summed E-state index contributed by atoms with van der Waals surface area (Å²) in [6, 6.07) is 23.9. The molecule has 0 aromatic heterocycles. The SMILES string of the molecule is CC1=C(C(=O)OCc2ccccc2)C(c2ccccc2Cl)C(C#N)=C(SCC(=O)Nc2ccc(F)cc2)N1. The van der Waals surface area contributed by atoms with Gasteiger partial charge in [0, 0.05) is 16.4 Å². The highest BCUT2D eigenvalue weighted by Gasteiger charge is 2.36. The maximum absolute atomic E-state index is 13.3. The highest BCUT2D eigenvalue weighted by molar-refractivity contribution is 8.03. The molecule has 1 aliphatic rings. The van der Waals surface area contributed by atoms with Crippen LogP contribution in [0, 0.1) is 17.1 Å². The van der Waals surface area contributed by atoms with E-state index in [1.807, 2.05) is 30.3 Å². The fraction of sp³-hybridized carbons (Fsp3) is 0.138. The number of benzene rings is 3. The molecule has 1 heterocycles. The largest absolute Gasteiger partial charge is 0.457 e. The van der Waals surface area contributed by atoms with Gasteiger partial charge in [0.05, 0.1) is 33.9 Å². The topological polar surface area (TPSA) is 91.2 Å². The van der Waals surface area contributed by atoms with E-state index in [0.29, 0.717) is 27.0 Å². The number of esters is 1. The summed E-state index contributed by atoms with van der Waals surface area (Å²) in [6.07, 6.45) is 0. The second-order valence-corrected chi connectivity index (χ2v) is 9.77. The van der Waals surface area contributed by atoms with Crippen molar-refractivity contribution in [1.82, 2.24) is 5.32 Å². The molecule has 1 amide bonds. The second kappa shape index (κ2) is 12.5. The molecule has 0 fully saturated rings. The number of allylic oxidation sites excluding steroid dienone is 2. The zero-order valence-corrected chi connectivity index (χ0v) is 21.9. The molecule has 0 aliphatic carbocycles. The van der Waals surface area contributed by atoms with Crippen molar-refractivity contribution < 1.29 is 18.7 Å². The highest BCUT2D eigenvalue weighted by atomic mass is 35.5. The number of thioether (sulfide) groups is 1. The molecule has 4 rings (SSSR count). The summed E-state index contributed by atoms with van der Waals surface area (Å²) in [5, 5.41) is 16.8. The summed E-state index contributed by atoms with van der Waals surface area (Å²) in [6.45, 7) is 1.79. The number of nitrogens with one attached hydrogen (secondary N) is 2. The Kier molecular flexibility index (Phi) is 8.85. The van der Waals surface area contributed by atoms with Crippen LogP contribution in [0.3, 0.4) is 0 Å². The van der Waals surface area contributed by atoms with Gasteiger partial charge in [0.2, 0.25) is 5.91 Å². The van der Waals surface area contributed by atoms with Crippen molar-refractivity contribution in [3.8, 4) is 6.07 Å². The molecule has 0 spiro atoms. The predicted octanol–water partition coefficient (Wildman–Crippen LogP) is 6.29. The van der Waals surface area contributed by atoms with E-state index in [2.05, 4.69) is 16.7 Å². The van der Waals surface area contributed by atoms with Crippen LogP contribution in [0.4, 0.5) is 10.1 Å². The summed E-state index contributed by atoms with van der Waals surface area (Å²) in [7, 11) is 0. The minimum absolute atomic E-state index is 0.0266. The first-order valence-electron chi connectivity index (χ1n) is 11.6. The van der Waals surface area contributed by atoms with Crippen LogP contribution in [-0.4, -0.2) is 17.6 Å². The van der Waals surface area contributed by atoms with E-state index in [0.717, 1.165) is 17.3 Å². The first-order chi connectivity index (χ1) is 18.4. The van der Waals surface area contributed by atoms with Crippen molar-refractivity contribution in [2.75, 3.05) is 11.1 Å². The van der Waals surface area contributed by atoms with Crippen LogP contribution in [0.2, 0.25) is 5.02 Å². The minimum atomic E-state index is -0.791. The maximum atomic E-state index is 13.3. The number of carbonyl (C=O) groups is 2. The minimum Gasteiger partial charge on any atom is -0.457 e. The van der Waals surface area contributed by atoms with E-state index in [1.54, 1.807) is 31.2 Å². The number of hydrogen-bond donors (Lipinski definition) is 2. The summed E-state index contributed by atoms with van der Waals surface area (Å²) in [5.41, 5.74) is 2.87. The van der Waals surface area contributed by atoms with Gasteiger partial charge in [-0.1, -0.05) is 71.9 Å². The molecule has 1 aliphatic heterocycles. The molecular formula is C29H23ClFN3O3S. The Labute approximate surface area is 229 Å². The standard InChI is InChI=1S/C29H23ClFN3O3S/c1-18-26(29(36)37-16-19-7-3-2-4-8-19)27(22-9-5-6-10-24(22)30)23(15-32)28(33-18)38-17-25(35)34-21-13-11-20(31)12-14-21/h2-14,27,33H,16-17H2,1H3,(H,34,35). The average molecular weight is 548 g/mol. The highest BCUT2D eigenvalue weighted by Crippen LogP contribution is 2.43. The Bertz CT molecular complexity index is 1450. The lowest BCUT2D eigenvalue weighted by atomic mass is 9.82. The van der Waals surface area contributed by atoms with Crippen molar-refractivity contribution in [1.29, 1.82) is 5.26 Å². The third-order valence-corrected chi connectivity index (χ3v) is 7.13. The normalized spacial score (nSPS) is 14.9. The summed E-state index contributed by atoms with van der Waals surface area (Å²) >= 11 is 7.65. The van der Waals surface area contributed by atoms with Crippen LogP contribution in [-0.2, 0) is 20.9 Å². The molecule has 2 N–H and O–H groups in total. The molecule has 0 bridgehead atoms. The Morgan fingerprint density at radius 1 is 1.08 bits per heavy atom. The van der Waals surface area contributed by atoms with Gasteiger partial charge in [-0.2, -0.15) is 5.26 Å². The van der Waals surface area contributed by atoms with Crippen LogP contribution >= 0.6 is 23.4 Å². The molecule has 0 radical (unpaired) electrons. The number of nitrogens with zero attached hydrogens (tertiary/aromatic N) is 1. The molecular weight excluding hydrogens is 525 g/mol. The van der Waals surface area contributed by atoms with Gasteiger partial charge >= 0.3 is 5.97 Å². The lowest BCUT2D eigenvalue weighted by Gasteiger charge is -2.29. The van der Waals surface area contributed by atoms with E-state index in [1.165, 1.54) is 24.3 Å². The first-order valence-corrected chi connectivity index (χ1v) is 13.0. The van der Waals surface area contributed by atoms with E-state index in [9.17, 15) is 19.2 Å². The summed E-state index contributed by atoms with van der Waals surface area (Å²) in [4.78, 5) is 25.9. The molecule has 192 valence electrons. The second-order valence-electron chi connectivity index (χ2n) is 8.38. The van der Waals surface area contributed by atoms with Crippen LogP contribution in [0.5, 0.6) is 0 Å². The molecule has 9 heteroatoms. The van der Waals surface area contributed by atoms with E-state index < -0.39 is 17.7 Å². The van der Waals surface area contributed by atoms with Crippen LogP contribution in [0.25, 0.3) is 0 Å². The summed E-state index contributed by atoms with van der Waals surface area (Å²) < 4.78 is 18.8. The average Bonchev–Trinajstić information content (AvgIpc) is 2.92. The Morgan fingerprint density at radius 3 is 2.45 bits per heavy atom. The number of amides is 1. The third kappa shape index (κ3) is 6.43. The van der Waals surface area contributed by atoms with Gasteiger partial charge in [0.1, 0.15) is 12.4 Å². The quantitative estimate of drug-likeness (QED) is 0.322. The number of ether oxygens (including phenoxy) is 1. The van der Waals surface area contributed by atoms with E-state index >= 15 is 0 Å². The van der Waals surface area contributed by atoms with Gasteiger partial charge in [-0.3, -0.25) is 4.79 Å². The van der Waals surface area contributed by atoms with Gasteiger partial charge in [-0.25, -0.2) is 9.18 Å². The number of rotatable bonds is 8. The van der Waals surface area contributed by atoms with Crippen molar-refractivity contribution in [3.05, 3.63) is 123 Å². The van der Waals surface area contributed by atoms with Crippen molar-refractivity contribution in [3.63, 3.8) is 0 Å². The lowest BCUT2D eigenvalue weighted by Crippen LogP contribution is -2.29. The van der Waals surface area contributed by atoms with Gasteiger partial charge in [0.15, 0.2) is 0 Å². The van der Waals surface area contributed by atoms with Crippen molar-refractivity contribution >= 4 is 40.9 Å². The van der Waals surface area contributed by atoms with Crippen molar-refractivity contribution in [2.24, 2.45) is 0 Å². The van der Waals surface area contributed by atoms with Crippen LogP contribution < -0.4 is 10.6 Å². The third-order valence-electron chi connectivity index (χ3n) is 5.77. The fourth-order valence-electron chi connectivity index (χ4n) is 3.99. The Balaban J connectivity index is 1.60. The number of anilines is 1. The summed E-state index contributed by atoms with van der Waals surface area (Å²) in [5.74, 6) is -2.13. The predicted molar refractivity (Wildman–Crippen MR) is 146 cm³/mol. The fourth-order valence-corrected chi connectivity index (χ4v) is 5.12. The van der Waals surface area contributed by atoms with Gasteiger partial charge in [0.25, 0.3) is 0 Å². The van der Waals surface area contributed by atoms with Crippen molar-refractivity contribution in [2.45, 2.75) is 19.4 Å². The van der Waals surface area contributed by atoms with Gasteiger partial charge in [-0.05, 0) is 48.4 Å². The zero-order chi connectivity index (χ0) is 27.1.